The van der Waals surface area contributed by atoms with Crippen molar-refractivity contribution in [2.75, 3.05) is 26.9 Å². The Morgan fingerprint density at radius 2 is 2.17 bits per heavy atom. The second-order valence-electron chi connectivity index (χ2n) is 4.85. The van der Waals surface area contributed by atoms with Crippen molar-refractivity contribution < 1.29 is 14.2 Å². The molecule has 0 amide bonds. The molecular weight excluding hydrogens is 230 g/mol. The van der Waals surface area contributed by atoms with E-state index in [0.717, 1.165) is 25.1 Å². The maximum atomic E-state index is 5.80. The van der Waals surface area contributed by atoms with E-state index in [-0.39, 0.29) is 11.8 Å². The SMILES string of the molecule is COc1cccc(C2CC3(CCN2)OCCO3)c1. The Labute approximate surface area is 107 Å². The molecule has 1 aromatic rings. The van der Waals surface area contributed by atoms with Crippen LogP contribution in [0, 0.1) is 0 Å². The van der Waals surface area contributed by atoms with Gasteiger partial charge in [-0.2, -0.15) is 0 Å². The molecule has 0 radical (unpaired) electrons. The first-order chi connectivity index (χ1) is 8.81. The number of hydrogen-bond acceptors (Lipinski definition) is 4. The highest BCUT2D eigenvalue weighted by Gasteiger charge is 2.41. The van der Waals surface area contributed by atoms with Crippen molar-refractivity contribution in [2.24, 2.45) is 0 Å². The fraction of sp³-hybridized carbons (Fsp3) is 0.571. The van der Waals surface area contributed by atoms with Crippen molar-refractivity contribution in [3.63, 3.8) is 0 Å². The molecular formula is C14H19NO3. The minimum absolute atomic E-state index is 0.270. The first-order valence-electron chi connectivity index (χ1n) is 6.47. The molecule has 18 heavy (non-hydrogen) atoms. The molecule has 0 saturated carbocycles. The van der Waals surface area contributed by atoms with Gasteiger partial charge in [0.2, 0.25) is 0 Å². The zero-order chi connectivity index (χ0) is 12.4. The van der Waals surface area contributed by atoms with E-state index in [0.29, 0.717) is 13.2 Å². The summed E-state index contributed by atoms with van der Waals surface area (Å²) in [6.07, 6.45) is 1.79. The van der Waals surface area contributed by atoms with E-state index < -0.39 is 0 Å². The van der Waals surface area contributed by atoms with Crippen LogP contribution in [0.2, 0.25) is 0 Å². The van der Waals surface area contributed by atoms with Crippen molar-refractivity contribution in [3.8, 4) is 5.75 Å². The Balaban J connectivity index is 1.78. The van der Waals surface area contributed by atoms with Gasteiger partial charge in [0.15, 0.2) is 5.79 Å². The number of nitrogens with one attached hydrogen (secondary N) is 1. The van der Waals surface area contributed by atoms with Gasteiger partial charge in [-0.15, -0.1) is 0 Å². The van der Waals surface area contributed by atoms with E-state index in [4.69, 9.17) is 14.2 Å². The monoisotopic (exact) mass is 249 g/mol. The minimum atomic E-state index is -0.362. The lowest BCUT2D eigenvalue weighted by Crippen LogP contribution is -2.44. The largest absolute Gasteiger partial charge is 0.497 e. The van der Waals surface area contributed by atoms with Gasteiger partial charge in [-0.1, -0.05) is 12.1 Å². The zero-order valence-corrected chi connectivity index (χ0v) is 10.6. The molecule has 4 heteroatoms. The molecule has 1 atom stereocenters. The second kappa shape index (κ2) is 4.88. The van der Waals surface area contributed by atoms with E-state index in [1.165, 1.54) is 5.56 Å². The van der Waals surface area contributed by atoms with Crippen molar-refractivity contribution in [1.29, 1.82) is 0 Å². The molecule has 3 rings (SSSR count). The summed E-state index contributed by atoms with van der Waals surface area (Å²) in [6.45, 7) is 2.34. The molecule has 1 aromatic carbocycles. The Hall–Kier alpha value is -1.10. The van der Waals surface area contributed by atoms with Crippen LogP contribution >= 0.6 is 0 Å². The van der Waals surface area contributed by atoms with Gasteiger partial charge in [0.05, 0.1) is 20.3 Å². The van der Waals surface area contributed by atoms with Crippen LogP contribution in [0.1, 0.15) is 24.4 Å². The van der Waals surface area contributed by atoms with E-state index in [2.05, 4.69) is 17.4 Å². The summed E-state index contributed by atoms with van der Waals surface area (Å²) in [5.74, 6) is 0.529. The molecule has 2 heterocycles. The van der Waals surface area contributed by atoms with Crippen LogP contribution in [0.25, 0.3) is 0 Å². The molecule has 0 bridgehead atoms. The second-order valence-corrected chi connectivity index (χ2v) is 4.85. The van der Waals surface area contributed by atoms with Gasteiger partial charge in [0.1, 0.15) is 5.75 Å². The maximum absolute atomic E-state index is 5.80. The van der Waals surface area contributed by atoms with Crippen molar-refractivity contribution in [1.82, 2.24) is 5.32 Å². The standard InChI is InChI=1S/C14H19NO3/c1-16-12-4-2-3-11(9-12)13-10-14(5-6-15-13)17-7-8-18-14/h2-4,9,13,15H,5-8,10H2,1H3. The third kappa shape index (κ3) is 2.23. The summed E-state index contributed by atoms with van der Waals surface area (Å²) in [7, 11) is 1.69. The Bertz CT molecular complexity index is 415. The molecule has 1 spiro atoms. The van der Waals surface area contributed by atoms with Gasteiger partial charge in [0, 0.05) is 25.4 Å². The summed E-state index contributed by atoms with van der Waals surface area (Å²) < 4.78 is 16.9. The summed E-state index contributed by atoms with van der Waals surface area (Å²) in [5.41, 5.74) is 1.23. The van der Waals surface area contributed by atoms with Gasteiger partial charge >= 0.3 is 0 Å². The minimum Gasteiger partial charge on any atom is -0.497 e. The van der Waals surface area contributed by atoms with Gasteiger partial charge in [-0.25, -0.2) is 0 Å². The first-order valence-corrected chi connectivity index (χ1v) is 6.47. The van der Waals surface area contributed by atoms with Crippen LogP contribution in [0.3, 0.4) is 0 Å². The number of hydrogen-bond donors (Lipinski definition) is 1. The van der Waals surface area contributed by atoms with E-state index in [1.54, 1.807) is 7.11 Å². The fourth-order valence-electron chi connectivity index (χ4n) is 2.78. The van der Waals surface area contributed by atoms with Gasteiger partial charge in [-0.3, -0.25) is 0 Å². The van der Waals surface area contributed by atoms with E-state index >= 15 is 0 Å². The topological polar surface area (TPSA) is 39.7 Å². The van der Waals surface area contributed by atoms with E-state index in [1.807, 2.05) is 12.1 Å². The maximum Gasteiger partial charge on any atom is 0.171 e. The number of piperidine rings is 1. The summed E-state index contributed by atoms with van der Waals surface area (Å²) in [5, 5.41) is 3.52. The molecule has 0 aliphatic carbocycles. The van der Waals surface area contributed by atoms with Crippen LogP contribution in [-0.2, 0) is 9.47 Å². The summed E-state index contributed by atoms with van der Waals surface area (Å²) >= 11 is 0. The first kappa shape index (κ1) is 12.0. The Morgan fingerprint density at radius 3 is 2.94 bits per heavy atom. The fourth-order valence-corrected chi connectivity index (χ4v) is 2.78. The molecule has 98 valence electrons. The molecule has 2 aliphatic rings. The molecule has 0 aromatic heterocycles. The molecule has 2 fully saturated rings. The number of benzene rings is 1. The number of methoxy groups -OCH3 is 1. The van der Waals surface area contributed by atoms with Crippen molar-refractivity contribution in [2.45, 2.75) is 24.7 Å². The van der Waals surface area contributed by atoms with E-state index in [9.17, 15) is 0 Å². The highest BCUT2D eigenvalue weighted by Crippen LogP contribution is 2.37. The van der Waals surface area contributed by atoms with Gasteiger partial charge in [0.25, 0.3) is 0 Å². The Morgan fingerprint density at radius 1 is 1.33 bits per heavy atom. The third-order valence-corrected chi connectivity index (χ3v) is 3.72. The number of rotatable bonds is 2. The lowest BCUT2D eigenvalue weighted by atomic mass is 9.92. The molecule has 1 N–H and O–H groups in total. The number of ether oxygens (including phenoxy) is 3. The average Bonchev–Trinajstić information content (AvgIpc) is 2.87. The highest BCUT2D eigenvalue weighted by atomic mass is 16.7. The van der Waals surface area contributed by atoms with Gasteiger partial charge < -0.3 is 19.5 Å². The van der Waals surface area contributed by atoms with Crippen molar-refractivity contribution in [3.05, 3.63) is 29.8 Å². The third-order valence-electron chi connectivity index (χ3n) is 3.72. The lowest BCUT2D eigenvalue weighted by molar-refractivity contribution is -0.180. The normalized spacial score (nSPS) is 26.4. The van der Waals surface area contributed by atoms with Crippen LogP contribution in [-0.4, -0.2) is 32.7 Å². The molecule has 4 nitrogen and oxygen atoms in total. The van der Waals surface area contributed by atoms with Crippen LogP contribution < -0.4 is 10.1 Å². The average molecular weight is 249 g/mol. The summed E-state index contributed by atoms with van der Waals surface area (Å²) in [4.78, 5) is 0. The molecule has 1 unspecified atom stereocenters. The molecule has 2 saturated heterocycles. The molecule has 2 aliphatic heterocycles. The Kier molecular flexibility index (Phi) is 3.24. The quantitative estimate of drug-likeness (QED) is 0.868. The van der Waals surface area contributed by atoms with Crippen molar-refractivity contribution >= 4 is 0 Å². The van der Waals surface area contributed by atoms with Crippen LogP contribution in [0.4, 0.5) is 0 Å². The van der Waals surface area contributed by atoms with Crippen LogP contribution in [0.5, 0.6) is 5.75 Å². The summed E-state index contributed by atoms with van der Waals surface area (Å²) in [6, 6.07) is 8.45. The highest BCUT2D eigenvalue weighted by molar-refractivity contribution is 5.31. The smallest absolute Gasteiger partial charge is 0.171 e. The van der Waals surface area contributed by atoms with Crippen LogP contribution in [0.15, 0.2) is 24.3 Å². The predicted molar refractivity (Wildman–Crippen MR) is 67.6 cm³/mol. The lowest BCUT2D eigenvalue weighted by Gasteiger charge is -2.37. The van der Waals surface area contributed by atoms with Gasteiger partial charge in [-0.05, 0) is 17.7 Å². The zero-order valence-electron chi connectivity index (χ0n) is 10.6. The predicted octanol–water partition coefficient (Wildman–Crippen LogP) is 1.86.